The molecule has 0 aliphatic carbocycles. The number of amides is 1. The molecule has 18 heavy (non-hydrogen) atoms. The Morgan fingerprint density at radius 3 is 2.56 bits per heavy atom. The van der Waals surface area contributed by atoms with Gasteiger partial charge in [0.15, 0.2) is 11.4 Å². The number of aliphatic hydroxyl groups is 3. The standard InChI is InChI=1S/C9H13N3O6/c10-9(17)4-6(15)3(11-12-4)8-7(16)5(14)2(1-13)18-8/h2,5,7-8,13-16H,1H2,(H2,10,17)(H,11,12)/t2-,5?,7?,8+/m1/s1. The van der Waals surface area contributed by atoms with Crippen LogP contribution >= 0.6 is 0 Å². The molecule has 1 aromatic rings. The number of nitrogens with one attached hydrogen (secondary N) is 1. The Kier molecular flexibility index (Phi) is 3.22. The number of aromatic amines is 1. The first kappa shape index (κ1) is 12.8. The number of hydrogen-bond donors (Lipinski definition) is 6. The summed E-state index contributed by atoms with van der Waals surface area (Å²) in [7, 11) is 0. The van der Waals surface area contributed by atoms with Crippen LogP contribution in [0.3, 0.4) is 0 Å². The number of primary amides is 1. The van der Waals surface area contributed by atoms with E-state index in [0.29, 0.717) is 0 Å². The van der Waals surface area contributed by atoms with Gasteiger partial charge in [0.25, 0.3) is 5.91 Å². The van der Waals surface area contributed by atoms with E-state index in [9.17, 15) is 20.1 Å². The monoisotopic (exact) mass is 259 g/mol. The van der Waals surface area contributed by atoms with Crippen molar-refractivity contribution in [2.45, 2.75) is 24.4 Å². The van der Waals surface area contributed by atoms with E-state index in [4.69, 9.17) is 15.6 Å². The fraction of sp³-hybridized carbons (Fsp3) is 0.556. The van der Waals surface area contributed by atoms with Gasteiger partial charge in [-0.1, -0.05) is 0 Å². The fourth-order valence-electron chi connectivity index (χ4n) is 1.85. The fourth-order valence-corrected chi connectivity index (χ4v) is 1.85. The SMILES string of the molecule is NC(=O)c1[nH]nc([C@@H]2O[C@H](CO)C(O)C2O)c1O. The smallest absolute Gasteiger partial charge is 0.270 e. The van der Waals surface area contributed by atoms with Crippen LogP contribution < -0.4 is 5.73 Å². The first-order valence-electron chi connectivity index (χ1n) is 5.16. The van der Waals surface area contributed by atoms with Crippen LogP contribution in [0.2, 0.25) is 0 Å². The number of carbonyl (C=O) groups excluding carboxylic acids is 1. The van der Waals surface area contributed by atoms with Crippen molar-refractivity contribution in [3.8, 4) is 5.75 Å². The topological polar surface area (TPSA) is 162 Å². The van der Waals surface area contributed by atoms with E-state index >= 15 is 0 Å². The third-order valence-corrected chi connectivity index (χ3v) is 2.83. The van der Waals surface area contributed by atoms with Crippen LogP contribution in [0, 0.1) is 0 Å². The highest BCUT2D eigenvalue weighted by molar-refractivity contribution is 5.93. The number of aliphatic hydroxyl groups excluding tert-OH is 3. The van der Waals surface area contributed by atoms with Crippen molar-refractivity contribution >= 4 is 5.91 Å². The van der Waals surface area contributed by atoms with Gasteiger partial charge < -0.3 is 30.9 Å². The molecule has 0 bridgehead atoms. The van der Waals surface area contributed by atoms with Gasteiger partial charge in [0.1, 0.15) is 30.1 Å². The molecule has 4 atom stereocenters. The number of carbonyl (C=O) groups is 1. The van der Waals surface area contributed by atoms with Crippen molar-refractivity contribution in [3.05, 3.63) is 11.4 Å². The zero-order chi connectivity index (χ0) is 13.4. The van der Waals surface area contributed by atoms with Crippen molar-refractivity contribution in [1.29, 1.82) is 0 Å². The molecule has 9 nitrogen and oxygen atoms in total. The highest BCUT2D eigenvalue weighted by Gasteiger charge is 2.45. The molecule has 0 radical (unpaired) electrons. The van der Waals surface area contributed by atoms with Crippen LogP contribution in [0.15, 0.2) is 0 Å². The number of ether oxygens (including phenoxy) is 1. The maximum absolute atomic E-state index is 10.9. The van der Waals surface area contributed by atoms with Crippen molar-refractivity contribution < 1.29 is 30.0 Å². The third-order valence-electron chi connectivity index (χ3n) is 2.83. The second kappa shape index (κ2) is 4.53. The molecular weight excluding hydrogens is 246 g/mol. The molecule has 1 fully saturated rings. The summed E-state index contributed by atoms with van der Waals surface area (Å²) in [5.41, 5.74) is 4.52. The summed E-state index contributed by atoms with van der Waals surface area (Å²) in [5, 5.41) is 43.7. The van der Waals surface area contributed by atoms with E-state index in [1.54, 1.807) is 0 Å². The van der Waals surface area contributed by atoms with Gasteiger partial charge in [-0.25, -0.2) is 0 Å². The van der Waals surface area contributed by atoms with Crippen molar-refractivity contribution in [3.63, 3.8) is 0 Å². The number of nitrogens with two attached hydrogens (primary N) is 1. The molecule has 1 aliphatic rings. The average molecular weight is 259 g/mol. The van der Waals surface area contributed by atoms with Crippen molar-refractivity contribution in [1.82, 2.24) is 10.2 Å². The molecule has 0 spiro atoms. The largest absolute Gasteiger partial charge is 0.504 e. The average Bonchev–Trinajstić information content (AvgIpc) is 2.82. The zero-order valence-electron chi connectivity index (χ0n) is 9.15. The summed E-state index contributed by atoms with van der Waals surface area (Å²) in [4.78, 5) is 10.9. The number of H-pyrrole nitrogens is 1. The second-order valence-corrected chi connectivity index (χ2v) is 3.96. The highest BCUT2D eigenvalue weighted by Crippen LogP contribution is 2.37. The molecule has 1 aliphatic heterocycles. The van der Waals surface area contributed by atoms with Gasteiger partial charge in [0, 0.05) is 0 Å². The lowest BCUT2D eigenvalue weighted by molar-refractivity contribution is -0.0245. The third kappa shape index (κ3) is 1.82. The molecule has 0 aromatic carbocycles. The lowest BCUT2D eigenvalue weighted by atomic mass is 10.1. The Balaban J connectivity index is 2.30. The minimum atomic E-state index is -1.38. The molecule has 1 saturated heterocycles. The minimum absolute atomic E-state index is 0.147. The maximum atomic E-state index is 10.9. The molecule has 0 saturated carbocycles. The quantitative estimate of drug-likeness (QED) is 0.346. The predicted octanol–water partition coefficient (Wildman–Crippen LogP) is -2.63. The molecule has 2 rings (SSSR count). The Morgan fingerprint density at radius 2 is 2.11 bits per heavy atom. The van der Waals surface area contributed by atoms with Gasteiger partial charge in [-0.3, -0.25) is 9.89 Å². The van der Waals surface area contributed by atoms with Gasteiger partial charge in [0.05, 0.1) is 6.61 Å². The van der Waals surface area contributed by atoms with Crippen LogP contribution in [0.5, 0.6) is 5.75 Å². The van der Waals surface area contributed by atoms with E-state index in [0.717, 1.165) is 0 Å². The van der Waals surface area contributed by atoms with E-state index in [-0.39, 0.29) is 11.4 Å². The second-order valence-electron chi connectivity index (χ2n) is 3.96. The summed E-state index contributed by atoms with van der Waals surface area (Å²) in [6.45, 7) is -0.497. The van der Waals surface area contributed by atoms with E-state index < -0.39 is 42.7 Å². The Bertz CT molecular complexity index is 461. The van der Waals surface area contributed by atoms with Crippen LogP contribution in [0.1, 0.15) is 22.3 Å². The predicted molar refractivity (Wildman–Crippen MR) is 55.5 cm³/mol. The summed E-state index contributed by atoms with van der Waals surface area (Å²) in [5.74, 6) is -1.46. The molecule has 1 aromatic heterocycles. The Morgan fingerprint density at radius 1 is 1.44 bits per heavy atom. The van der Waals surface area contributed by atoms with Gasteiger partial charge >= 0.3 is 0 Å². The van der Waals surface area contributed by atoms with Crippen LogP contribution in [0.25, 0.3) is 0 Å². The van der Waals surface area contributed by atoms with Crippen LogP contribution in [-0.4, -0.2) is 61.4 Å². The number of aromatic nitrogens is 2. The van der Waals surface area contributed by atoms with E-state index in [2.05, 4.69) is 10.2 Å². The Labute approximate surface area is 101 Å². The van der Waals surface area contributed by atoms with Crippen LogP contribution in [-0.2, 0) is 4.74 Å². The normalized spacial score (nSPS) is 31.7. The van der Waals surface area contributed by atoms with E-state index in [1.165, 1.54) is 0 Å². The van der Waals surface area contributed by atoms with Gasteiger partial charge in [0.2, 0.25) is 0 Å². The Hall–Kier alpha value is -1.68. The number of nitrogens with zero attached hydrogens (tertiary/aromatic N) is 1. The molecule has 2 unspecified atom stereocenters. The minimum Gasteiger partial charge on any atom is -0.504 e. The van der Waals surface area contributed by atoms with Crippen LogP contribution in [0.4, 0.5) is 0 Å². The van der Waals surface area contributed by atoms with Gasteiger partial charge in [-0.05, 0) is 0 Å². The summed E-state index contributed by atoms with van der Waals surface area (Å²) >= 11 is 0. The highest BCUT2D eigenvalue weighted by atomic mass is 16.6. The zero-order valence-corrected chi connectivity index (χ0v) is 9.15. The molecular formula is C9H13N3O6. The van der Waals surface area contributed by atoms with Crippen molar-refractivity contribution in [2.24, 2.45) is 5.73 Å². The first-order valence-corrected chi connectivity index (χ1v) is 5.16. The lowest BCUT2D eigenvalue weighted by Crippen LogP contribution is -2.32. The maximum Gasteiger partial charge on any atom is 0.270 e. The molecule has 100 valence electrons. The molecule has 1 amide bonds. The number of rotatable bonds is 3. The molecule has 7 N–H and O–H groups in total. The van der Waals surface area contributed by atoms with Gasteiger partial charge in [-0.15, -0.1) is 0 Å². The molecule has 2 heterocycles. The lowest BCUT2D eigenvalue weighted by Gasteiger charge is -2.12. The first-order chi connectivity index (χ1) is 8.47. The summed E-state index contributed by atoms with van der Waals surface area (Å²) in [6.07, 6.45) is -4.83. The number of aromatic hydroxyl groups is 1. The number of hydrogen-bond acceptors (Lipinski definition) is 7. The van der Waals surface area contributed by atoms with Crippen molar-refractivity contribution in [2.75, 3.05) is 6.61 Å². The summed E-state index contributed by atoms with van der Waals surface area (Å²) < 4.78 is 5.15. The molecule has 9 heteroatoms. The summed E-state index contributed by atoms with van der Waals surface area (Å²) in [6, 6.07) is 0. The van der Waals surface area contributed by atoms with Gasteiger partial charge in [-0.2, -0.15) is 5.10 Å². The van der Waals surface area contributed by atoms with E-state index in [1.807, 2.05) is 0 Å².